The first-order chi connectivity index (χ1) is 8.41. The van der Waals surface area contributed by atoms with Gasteiger partial charge >= 0.3 is 6.36 Å². The van der Waals surface area contributed by atoms with Crippen LogP contribution in [0.3, 0.4) is 0 Å². The Hall–Kier alpha value is -2.04. The maximum absolute atomic E-state index is 12.6. The lowest BCUT2D eigenvalue weighted by Crippen LogP contribution is -2.18. The van der Waals surface area contributed by atoms with E-state index in [-0.39, 0.29) is 17.7 Å². The summed E-state index contributed by atoms with van der Waals surface area (Å²) in [7, 11) is 1.09. The number of rotatable bonds is 4. The Morgan fingerprint density at radius 1 is 1.44 bits per heavy atom. The summed E-state index contributed by atoms with van der Waals surface area (Å²) >= 11 is 0. The van der Waals surface area contributed by atoms with Crippen LogP contribution >= 0.6 is 0 Å². The van der Waals surface area contributed by atoms with Gasteiger partial charge in [-0.3, -0.25) is 0 Å². The van der Waals surface area contributed by atoms with Crippen LogP contribution in [0.2, 0.25) is 0 Å². The van der Waals surface area contributed by atoms with E-state index in [0.29, 0.717) is 0 Å². The van der Waals surface area contributed by atoms with Crippen molar-refractivity contribution in [3.8, 4) is 17.7 Å². The van der Waals surface area contributed by atoms with Gasteiger partial charge in [0.2, 0.25) is 0 Å². The lowest BCUT2D eigenvalue weighted by atomic mass is 10.1. The molecular weight excluding hydrogens is 256 g/mol. The van der Waals surface area contributed by atoms with Gasteiger partial charge in [-0.25, -0.2) is 9.37 Å². The lowest BCUT2D eigenvalue weighted by Gasteiger charge is -2.14. The number of alkyl halides is 4. The molecule has 1 aromatic heterocycles. The van der Waals surface area contributed by atoms with Crippen molar-refractivity contribution in [3.05, 3.63) is 17.3 Å². The second-order valence-corrected chi connectivity index (χ2v) is 3.12. The van der Waals surface area contributed by atoms with Crippen molar-refractivity contribution >= 4 is 0 Å². The Morgan fingerprint density at radius 3 is 2.56 bits per heavy atom. The third-order valence-electron chi connectivity index (χ3n) is 1.93. The van der Waals surface area contributed by atoms with Gasteiger partial charge in [0, 0.05) is 5.56 Å². The standard InChI is InChI=1S/C10H8F4N2O2/c1-17-9-8(18-10(12,13)14)4-6(5-11)7(16-9)2-3-15/h4H,2,5H2,1H3. The number of hydrogen-bond donors (Lipinski definition) is 0. The van der Waals surface area contributed by atoms with Gasteiger partial charge in [-0.05, 0) is 6.07 Å². The number of nitrogens with zero attached hydrogens (tertiary/aromatic N) is 2. The monoisotopic (exact) mass is 264 g/mol. The number of pyridine rings is 1. The van der Waals surface area contributed by atoms with Gasteiger partial charge in [-0.15, -0.1) is 13.2 Å². The summed E-state index contributed by atoms with van der Waals surface area (Å²) in [6.07, 6.45) is -5.17. The van der Waals surface area contributed by atoms with E-state index in [1.807, 2.05) is 0 Å². The second-order valence-electron chi connectivity index (χ2n) is 3.12. The number of nitriles is 1. The minimum atomic E-state index is -4.93. The fourth-order valence-electron chi connectivity index (χ4n) is 1.24. The molecule has 1 aromatic rings. The molecule has 0 N–H and O–H groups in total. The number of ether oxygens (including phenoxy) is 2. The van der Waals surface area contributed by atoms with Crippen molar-refractivity contribution in [3.63, 3.8) is 0 Å². The zero-order chi connectivity index (χ0) is 13.8. The maximum Gasteiger partial charge on any atom is 0.573 e. The number of aromatic nitrogens is 1. The fourth-order valence-corrected chi connectivity index (χ4v) is 1.24. The predicted octanol–water partition coefficient (Wildman–Crippen LogP) is 2.52. The van der Waals surface area contributed by atoms with Crippen molar-refractivity contribution in [1.29, 1.82) is 5.26 Å². The van der Waals surface area contributed by atoms with E-state index in [1.165, 1.54) is 0 Å². The Balaban J connectivity index is 3.22. The van der Waals surface area contributed by atoms with Gasteiger partial charge in [0.1, 0.15) is 6.67 Å². The molecule has 0 bridgehead atoms. The minimum Gasteiger partial charge on any atom is -0.478 e. The molecule has 0 aliphatic rings. The Morgan fingerprint density at radius 2 is 2.11 bits per heavy atom. The van der Waals surface area contributed by atoms with Gasteiger partial charge in [0.15, 0.2) is 5.75 Å². The van der Waals surface area contributed by atoms with Crippen LogP contribution in [-0.4, -0.2) is 18.5 Å². The summed E-state index contributed by atoms with van der Waals surface area (Å²) in [5, 5.41) is 8.49. The van der Waals surface area contributed by atoms with E-state index in [4.69, 9.17) is 5.26 Å². The number of hydrogen-bond acceptors (Lipinski definition) is 4. The Bertz CT molecular complexity index is 468. The molecule has 18 heavy (non-hydrogen) atoms. The summed E-state index contributed by atoms with van der Waals surface area (Å²) in [6, 6.07) is 2.56. The molecule has 0 unspecified atom stereocenters. The average Bonchev–Trinajstić information content (AvgIpc) is 2.28. The topological polar surface area (TPSA) is 55.1 Å². The first-order valence-electron chi connectivity index (χ1n) is 4.66. The smallest absolute Gasteiger partial charge is 0.478 e. The van der Waals surface area contributed by atoms with Crippen molar-refractivity contribution < 1.29 is 27.0 Å². The van der Waals surface area contributed by atoms with E-state index in [0.717, 1.165) is 13.2 Å². The van der Waals surface area contributed by atoms with Gasteiger partial charge < -0.3 is 9.47 Å². The minimum absolute atomic E-state index is 0.0198. The SMILES string of the molecule is COc1nc(CC#N)c(CF)cc1OC(F)(F)F. The number of halogens is 4. The third kappa shape index (κ3) is 3.48. The lowest BCUT2D eigenvalue weighted by molar-refractivity contribution is -0.275. The van der Waals surface area contributed by atoms with E-state index in [2.05, 4.69) is 14.5 Å². The van der Waals surface area contributed by atoms with E-state index in [9.17, 15) is 17.6 Å². The van der Waals surface area contributed by atoms with Crippen molar-refractivity contribution in [1.82, 2.24) is 4.98 Å². The van der Waals surface area contributed by atoms with Gasteiger partial charge in [-0.1, -0.05) is 0 Å². The molecule has 0 radical (unpaired) electrons. The highest BCUT2D eigenvalue weighted by Gasteiger charge is 2.33. The van der Waals surface area contributed by atoms with Gasteiger partial charge in [-0.2, -0.15) is 5.26 Å². The molecule has 0 aromatic carbocycles. The molecule has 0 saturated carbocycles. The zero-order valence-electron chi connectivity index (χ0n) is 9.21. The normalized spacial score (nSPS) is 10.9. The van der Waals surface area contributed by atoms with E-state index < -0.39 is 24.7 Å². The van der Waals surface area contributed by atoms with Crippen molar-refractivity contribution in [2.75, 3.05) is 7.11 Å². The second kappa shape index (κ2) is 5.53. The average molecular weight is 264 g/mol. The molecule has 0 aliphatic heterocycles. The largest absolute Gasteiger partial charge is 0.573 e. The molecular formula is C10H8F4N2O2. The molecule has 1 heterocycles. The van der Waals surface area contributed by atoms with Crippen LogP contribution in [0.1, 0.15) is 11.3 Å². The highest BCUT2D eigenvalue weighted by atomic mass is 19.4. The summed E-state index contributed by atoms with van der Waals surface area (Å²) < 4.78 is 57.2. The quantitative estimate of drug-likeness (QED) is 0.784. The van der Waals surface area contributed by atoms with Crippen LogP contribution in [0, 0.1) is 11.3 Å². The van der Waals surface area contributed by atoms with Crippen molar-refractivity contribution in [2.24, 2.45) is 0 Å². The van der Waals surface area contributed by atoms with Gasteiger partial charge in [0.05, 0.1) is 25.3 Å². The summed E-state index contributed by atoms with van der Waals surface area (Å²) in [6.45, 7) is -1.05. The molecule has 0 aliphatic carbocycles. The first kappa shape index (κ1) is 14.0. The highest BCUT2D eigenvalue weighted by Crippen LogP contribution is 2.32. The first-order valence-corrected chi connectivity index (χ1v) is 4.66. The van der Waals surface area contributed by atoms with E-state index >= 15 is 0 Å². The molecule has 0 fully saturated rings. The van der Waals surface area contributed by atoms with Crippen LogP contribution in [-0.2, 0) is 13.1 Å². The highest BCUT2D eigenvalue weighted by molar-refractivity contribution is 5.40. The molecule has 4 nitrogen and oxygen atoms in total. The zero-order valence-corrected chi connectivity index (χ0v) is 9.21. The van der Waals surface area contributed by atoms with Crippen LogP contribution in [0.25, 0.3) is 0 Å². The summed E-state index contributed by atoms with van der Waals surface area (Å²) in [4.78, 5) is 3.63. The Labute approximate surface area is 99.8 Å². The molecule has 0 saturated heterocycles. The Kier molecular flexibility index (Phi) is 4.31. The molecule has 0 spiro atoms. The van der Waals surface area contributed by atoms with Crippen LogP contribution in [0.4, 0.5) is 17.6 Å². The third-order valence-corrected chi connectivity index (χ3v) is 1.93. The van der Waals surface area contributed by atoms with Crippen molar-refractivity contribution in [2.45, 2.75) is 19.5 Å². The van der Waals surface area contributed by atoms with E-state index in [1.54, 1.807) is 6.07 Å². The van der Waals surface area contributed by atoms with Gasteiger partial charge in [0.25, 0.3) is 5.88 Å². The molecule has 98 valence electrons. The molecule has 0 amide bonds. The van der Waals surface area contributed by atoms with Crippen LogP contribution in [0.5, 0.6) is 11.6 Å². The summed E-state index contributed by atoms with van der Waals surface area (Å²) in [5.74, 6) is -1.19. The maximum atomic E-state index is 12.6. The molecule has 0 atom stereocenters. The molecule has 1 rings (SSSR count). The summed E-state index contributed by atoms with van der Waals surface area (Å²) in [5.41, 5.74) is -0.122. The molecule has 8 heteroatoms. The predicted molar refractivity (Wildman–Crippen MR) is 51.6 cm³/mol. The fraction of sp³-hybridized carbons (Fsp3) is 0.400. The van der Waals surface area contributed by atoms with Crippen LogP contribution in [0.15, 0.2) is 6.07 Å². The number of methoxy groups -OCH3 is 1. The van der Waals surface area contributed by atoms with Crippen LogP contribution < -0.4 is 9.47 Å².